The van der Waals surface area contributed by atoms with Gasteiger partial charge in [-0.1, -0.05) is 18.2 Å². The van der Waals surface area contributed by atoms with Gasteiger partial charge in [-0.25, -0.2) is 0 Å². The van der Waals surface area contributed by atoms with Crippen molar-refractivity contribution in [3.63, 3.8) is 0 Å². The van der Waals surface area contributed by atoms with E-state index in [1.807, 2.05) is 18.2 Å². The summed E-state index contributed by atoms with van der Waals surface area (Å²) in [6.07, 6.45) is 2.99. The monoisotopic (exact) mass is 293 g/mol. The summed E-state index contributed by atoms with van der Waals surface area (Å²) < 4.78 is 26.9. The molecule has 0 radical (unpaired) electrons. The fraction of sp³-hybridized carbons (Fsp3) is 0.308. The molecule has 1 aliphatic heterocycles. The number of nitrogens with zero attached hydrogens (tertiary/aromatic N) is 2. The van der Waals surface area contributed by atoms with Gasteiger partial charge >= 0.3 is 0 Å². The molecule has 0 saturated heterocycles. The second-order valence-corrected chi connectivity index (χ2v) is 6.49. The minimum atomic E-state index is -3.72. The van der Waals surface area contributed by atoms with Crippen LogP contribution in [0.5, 0.6) is 0 Å². The number of para-hydroxylation sites is 1. The van der Waals surface area contributed by atoms with Crippen molar-refractivity contribution in [3.8, 4) is 0 Å². The predicted octanol–water partition coefficient (Wildman–Crippen LogP) is 1.04. The van der Waals surface area contributed by atoms with Crippen LogP contribution in [0.3, 0.4) is 0 Å². The molecule has 0 amide bonds. The maximum atomic E-state index is 12.7. The van der Waals surface area contributed by atoms with Crippen molar-refractivity contribution < 1.29 is 13.5 Å². The number of hydrogen-bond donors (Lipinski definition) is 2. The van der Waals surface area contributed by atoms with Crippen LogP contribution in [0.1, 0.15) is 17.5 Å². The van der Waals surface area contributed by atoms with Crippen molar-refractivity contribution in [3.05, 3.63) is 41.6 Å². The molecule has 0 unspecified atom stereocenters. The molecular weight excluding hydrogens is 278 g/mol. The number of aliphatic hydroxyl groups is 1. The molecule has 2 N–H and O–H groups in total. The zero-order chi connectivity index (χ0) is 14.2. The third kappa shape index (κ3) is 1.99. The molecular formula is C13H15N3O3S. The van der Waals surface area contributed by atoms with E-state index in [-0.39, 0.29) is 17.2 Å². The van der Waals surface area contributed by atoms with Crippen LogP contribution in [-0.2, 0) is 23.1 Å². The Morgan fingerprint density at radius 2 is 2.15 bits per heavy atom. The van der Waals surface area contributed by atoms with E-state index in [4.69, 9.17) is 0 Å². The van der Waals surface area contributed by atoms with Crippen LogP contribution in [0.25, 0.3) is 0 Å². The smallest absolute Gasteiger partial charge is 0.281 e. The number of rotatable bonds is 3. The molecule has 20 heavy (non-hydrogen) atoms. The summed E-state index contributed by atoms with van der Waals surface area (Å²) in [6.45, 7) is 0.0732. The summed E-state index contributed by atoms with van der Waals surface area (Å²) in [7, 11) is -3.72. The van der Waals surface area contributed by atoms with Gasteiger partial charge in [0.2, 0.25) is 0 Å². The van der Waals surface area contributed by atoms with E-state index < -0.39 is 10.0 Å². The number of H-pyrrole nitrogens is 1. The van der Waals surface area contributed by atoms with Gasteiger partial charge in [-0.15, -0.1) is 0 Å². The van der Waals surface area contributed by atoms with Crippen molar-refractivity contribution in [1.82, 2.24) is 10.2 Å². The van der Waals surface area contributed by atoms with Gasteiger partial charge in [-0.3, -0.25) is 9.40 Å². The fourth-order valence-corrected chi connectivity index (χ4v) is 4.14. The van der Waals surface area contributed by atoms with Crippen LogP contribution in [-0.4, -0.2) is 30.3 Å². The molecule has 0 aliphatic carbocycles. The quantitative estimate of drug-likeness (QED) is 0.885. The first-order valence-corrected chi connectivity index (χ1v) is 7.82. The lowest BCUT2D eigenvalue weighted by atomic mass is 10.0. The highest BCUT2D eigenvalue weighted by molar-refractivity contribution is 7.92. The number of nitrogens with one attached hydrogen (secondary N) is 1. The zero-order valence-electron chi connectivity index (χ0n) is 10.8. The van der Waals surface area contributed by atoms with Crippen LogP contribution >= 0.6 is 0 Å². The molecule has 2 aromatic rings. The molecule has 1 aromatic heterocycles. The van der Waals surface area contributed by atoms with Gasteiger partial charge in [0, 0.05) is 12.1 Å². The Hall–Kier alpha value is -1.86. The fourth-order valence-electron chi connectivity index (χ4n) is 2.49. The molecule has 0 fully saturated rings. The SMILES string of the molecule is O=S(=O)(c1[nH]ncc1CO)N1CCCc2ccccc21. The average molecular weight is 293 g/mol. The summed E-state index contributed by atoms with van der Waals surface area (Å²) >= 11 is 0. The Balaban J connectivity index is 2.10. The highest BCUT2D eigenvalue weighted by Gasteiger charge is 2.31. The lowest BCUT2D eigenvalue weighted by Crippen LogP contribution is -2.36. The number of hydrogen-bond acceptors (Lipinski definition) is 4. The van der Waals surface area contributed by atoms with E-state index in [0.29, 0.717) is 12.2 Å². The standard InChI is InChI=1S/C13H15N3O3S/c17-9-11-8-14-15-13(11)20(18,19)16-7-3-5-10-4-1-2-6-12(10)16/h1-2,4,6,8,17H,3,5,7,9H2,(H,14,15). The van der Waals surface area contributed by atoms with Crippen LogP contribution in [0.15, 0.2) is 35.5 Å². The van der Waals surface area contributed by atoms with Gasteiger partial charge in [0.1, 0.15) is 0 Å². The molecule has 0 atom stereocenters. The topological polar surface area (TPSA) is 86.3 Å². The largest absolute Gasteiger partial charge is 0.392 e. The Morgan fingerprint density at radius 1 is 1.35 bits per heavy atom. The van der Waals surface area contributed by atoms with Gasteiger partial charge in [0.15, 0.2) is 5.03 Å². The predicted molar refractivity (Wildman–Crippen MR) is 73.8 cm³/mol. The lowest BCUT2D eigenvalue weighted by Gasteiger charge is -2.30. The highest BCUT2D eigenvalue weighted by Crippen LogP contribution is 2.31. The first-order valence-electron chi connectivity index (χ1n) is 6.38. The number of anilines is 1. The van der Waals surface area contributed by atoms with Gasteiger partial charge in [0.25, 0.3) is 10.0 Å². The summed E-state index contributed by atoms with van der Waals surface area (Å²) in [5.74, 6) is 0. The summed E-state index contributed by atoms with van der Waals surface area (Å²) in [5, 5.41) is 15.4. The maximum absolute atomic E-state index is 12.7. The summed E-state index contributed by atoms with van der Waals surface area (Å²) in [6, 6.07) is 7.48. The highest BCUT2D eigenvalue weighted by atomic mass is 32.2. The van der Waals surface area contributed by atoms with Crippen molar-refractivity contribution in [2.75, 3.05) is 10.8 Å². The number of aryl methyl sites for hydroxylation is 1. The minimum Gasteiger partial charge on any atom is -0.392 e. The number of benzene rings is 1. The Bertz CT molecular complexity index is 724. The third-order valence-corrected chi connectivity index (χ3v) is 5.29. The number of aliphatic hydroxyl groups excluding tert-OH is 1. The maximum Gasteiger partial charge on any atom is 0.281 e. The van der Waals surface area contributed by atoms with E-state index in [2.05, 4.69) is 10.2 Å². The molecule has 0 bridgehead atoms. The first kappa shape index (κ1) is 13.1. The van der Waals surface area contributed by atoms with Gasteiger partial charge in [0.05, 0.1) is 18.5 Å². The Labute approximate surface area is 117 Å². The Morgan fingerprint density at radius 3 is 2.95 bits per heavy atom. The van der Waals surface area contributed by atoms with Gasteiger partial charge < -0.3 is 5.11 Å². The molecule has 0 saturated carbocycles. The molecule has 106 valence electrons. The van der Waals surface area contributed by atoms with Crippen molar-refractivity contribution >= 4 is 15.7 Å². The lowest BCUT2D eigenvalue weighted by molar-refractivity contribution is 0.278. The molecule has 7 heteroatoms. The van der Waals surface area contributed by atoms with Gasteiger partial charge in [-0.05, 0) is 24.5 Å². The molecule has 1 aliphatic rings. The second-order valence-electron chi connectivity index (χ2n) is 4.69. The van der Waals surface area contributed by atoms with E-state index in [9.17, 15) is 13.5 Å². The number of fused-ring (bicyclic) bond motifs is 1. The molecule has 1 aromatic carbocycles. The van der Waals surface area contributed by atoms with E-state index in [0.717, 1.165) is 18.4 Å². The Kier molecular flexibility index (Phi) is 3.23. The van der Waals surface area contributed by atoms with Crippen molar-refractivity contribution in [2.45, 2.75) is 24.5 Å². The average Bonchev–Trinajstić information content (AvgIpc) is 2.96. The minimum absolute atomic E-state index is 0.0308. The third-order valence-electron chi connectivity index (χ3n) is 3.46. The molecule has 6 nitrogen and oxygen atoms in total. The van der Waals surface area contributed by atoms with E-state index >= 15 is 0 Å². The summed E-state index contributed by atoms with van der Waals surface area (Å²) in [5.41, 5.74) is 2.01. The number of aromatic amines is 1. The molecule has 0 spiro atoms. The molecule has 2 heterocycles. The van der Waals surface area contributed by atoms with Crippen LogP contribution in [0, 0.1) is 0 Å². The second kappa shape index (κ2) is 4.92. The van der Waals surface area contributed by atoms with Crippen LogP contribution in [0.2, 0.25) is 0 Å². The normalized spacial score (nSPS) is 15.2. The van der Waals surface area contributed by atoms with E-state index in [1.54, 1.807) is 6.07 Å². The van der Waals surface area contributed by atoms with Crippen LogP contribution in [0.4, 0.5) is 5.69 Å². The van der Waals surface area contributed by atoms with Crippen molar-refractivity contribution in [1.29, 1.82) is 0 Å². The van der Waals surface area contributed by atoms with Gasteiger partial charge in [-0.2, -0.15) is 13.5 Å². The molecule has 3 rings (SSSR count). The summed E-state index contributed by atoms with van der Waals surface area (Å²) in [4.78, 5) is 0. The number of sulfonamides is 1. The number of aromatic nitrogens is 2. The van der Waals surface area contributed by atoms with E-state index in [1.165, 1.54) is 10.5 Å². The zero-order valence-corrected chi connectivity index (χ0v) is 11.6. The first-order chi connectivity index (χ1) is 9.64. The van der Waals surface area contributed by atoms with Crippen LogP contribution < -0.4 is 4.31 Å². The van der Waals surface area contributed by atoms with Crippen molar-refractivity contribution in [2.24, 2.45) is 0 Å².